The van der Waals surface area contributed by atoms with Gasteiger partial charge < -0.3 is 4.90 Å². The molecule has 1 aromatic carbocycles. The molecule has 1 saturated heterocycles. The molecule has 6 nitrogen and oxygen atoms in total. The molecule has 0 bridgehead atoms. The van der Waals surface area contributed by atoms with E-state index in [4.69, 9.17) is 0 Å². The van der Waals surface area contributed by atoms with Crippen LogP contribution in [0.1, 0.15) is 18.4 Å². The number of rotatable bonds is 4. The van der Waals surface area contributed by atoms with Crippen LogP contribution in [0.15, 0.2) is 29.3 Å². The molecular weight excluding hydrogens is 339 g/mol. The highest BCUT2D eigenvalue weighted by molar-refractivity contribution is 7.89. The van der Waals surface area contributed by atoms with Crippen molar-refractivity contribution in [1.82, 2.24) is 13.5 Å². The van der Waals surface area contributed by atoms with Crippen LogP contribution in [0, 0.1) is 12.7 Å². The number of anilines is 1. The minimum atomic E-state index is -3.63. The number of sulfonamides is 1. The molecule has 23 heavy (non-hydrogen) atoms. The zero-order valence-corrected chi connectivity index (χ0v) is 14.2. The van der Waals surface area contributed by atoms with Crippen LogP contribution in [0.5, 0.6) is 0 Å². The minimum absolute atomic E-state index is 0.0996. The van der Waals surface area contributed by atoms with Gasteiger partial charge in [-0.05, 0) is 43.5 Å². The van der Waals surface area contributed by atoms with Crippen LogP contribution in [-0.4, -0.2) is 36.3 Å². The van der Waals surface area contributed by atoms with E-state index >= 15 is 0 Å². The molecule has 3 rings (SSSR count). The van der Waals surface area contributed by atoms with Gasteiger partial charge in [-0.15, -0.1) is 0 Å². The average molecular weight is 356 g/mol. The van der Waals surface area contributed by atoms with Crippen LogP contribution in [0.3, 0.4) is 0 Å². The Balaban J connectivity index is 1.64. The van der Waals surface area contributed by atoms with E-state index in [1.165, 1.54) is 18.2 Å². The molecule has 1 fully saturated rings. The lowest BCUT2D eigenvalue weighted by molar-refractivity contribution is 0.459. The first-order chi connectivity index (χ1) is 11.0. The quantitative estimate of drug-likeness (QED) is 0.906. The Kier molecular flexibility index (Phi) is 4.60. The number of hydrogen-bond donors (Lipinski definition) is 1. The highest BCUT2D eigenvalue weighted by atomic mass is 32.2. The van der Waals surface area contributed by atoms with Crippen molar-refractivity contribution in [2.45, 2.75) is 30.7 Å². The number of hydrogen-bond acceptors (Lipinski definition) is 6. The van der Waals surface area contributed by atoms with E-state index < -0.39 is 15.8 Å². The van der Waals surface area contributed by atoms with Gasteiger partial charge in [0.1, 0.15) is 5.82 Å². The molecule has 0 radical (unpaired) electrons. The zero-order valence-electron chi connectivity index (χ0n) is 12.6. The van der Waals surface area contributed by atoms with E-state index in [2.05, 4.69) is 18.4 Å². The summed E-state index contributed by atoms with van der Waals surface area (Å²) >= 11 is 1.16. The third-order valence-electron chi connectivity index (χ3n) is 3.93. The number of piperidine rings is 1. The van der Waals surface area contributed by atoms with Crippen molar-refractivity contribution in [3.8, 4) is 0 Å². The highest BCUT2D eigenvalue weighted by Gasteiger charge is 2.25. The van der Waals surface area contributed by atoms with Crippen molar-refractivity contribution in [2.75, 3.05) is 18.0 Å². The summed E-state index contributed by atoms with van der Waals surface area (Å²) in [6, 6.07) is 3.70. The molecule has 9 heteroatoms. The molecule has 1 aliphatic rings. The lowest BCUT2D eigenvalue weighted by Crippen LogP contribution is -2.44. The number of halogens is 1. The Bertz CT molecular complexity index is 772. The van der Waals surface area contributed by atoms with Crippen molar-refractivity contribution in [3.05, 3.63) is 35.8 Å². The standard InChI is InChI=1S/C14H17FN4O2S2/c1-10-8-12(2-3-13(10)15)23(20,21)18-11-4-6-19(7-5-11)14-9-16-22-17-14/h2-3,8-9,11,18H,4-7H2,1H3. The van der Waals surface area contributed by atoms with Crippen LogP contribution < -0.4 is 9.62 Å². The van der Waals surface area contributed by atoms with Crippen LogP contribution in [0.2, 0.25) is 0 Å². The van der Waals surface area contributed by atoms with Crippen LogP contribution >= 0.6 is 11.7 Å². The number of nitrogens with one attached hydrogen (secondary N) is 1. The maximum absolute atomic E-state index is 13.3. The lowest BCUT2D eigenvalue weighted by atomic mass is 10.1. The molecule has 0 atom stereocenters. The molecule has 0 unspecified atom stereocenters. The van der Waals surface area contributed by atoms with Crippen molar-refractivity contribution in [2.24, 2.45) is 0 Å². The maximum atomic E-state index is 13.3. The second kappa shape index (κ2) is 6.50. The molecule has 2 aromatic rings. The monoisotopic (exact) mass is 356 g/mol. The van der Waals surface area contributed by atoms with E-state index in [9.17, 15) is 12.8 Å². The Morgan fingerprint density at radius 1 is 1.35 bits per heavy atom. The SMILES string of the molecule is Cc1cc(S(=O)(=O)NC2CCN(c3cnsn3)CC2)ccc1F. The van der Waals surface area contributed by atoms with Crippen LogP contribution in [0.25, 0.3) is 0 Å². The van der Waals surface area contributed by atoms with Crippen molar-refractivity contribution < 1.29 is 12.8 Å². The van der Waals surface area contributed by atoms with Crippen molar-refractivity contribution in [1.29, 1.82) is 0 Å². The number of benzene rings is 1. The van der Waals surface area contributed by atoms with Gasteiger partial charge in [-0.2, -0.15) is 8.75 Å². The topological polar surface area (TPSA) is 75.2 Å². The Labute approximate surface area is 138 Å². The van der Waals surface area contributed by atoms with Gasteiger partial charge in [-0.25, -0.2) is 17.5 Å². The first kappa shape index (κ1) is 16.3. The predicted octanol–water partition coefficient (Wildman–Crippen LogP) is 1.93. The van der Waals surface area contributed by atoms with Crippen LogP contribution in [0.4, 0.5) is 10.2 Å². The van der Waals surface area contributed by atoms with E-state index in [1.54, 1.807) is 13.1 Å². The summed E-state index contributed by atoms with van der Waals surface area (Å²) in [7, 11) is -3.63. The van der Waals surface area contributed by atoms with Gasteiger partial charge in [0.2, 0.25) is 10.0 Å². The molecule has 1 N–H and O–H groups in total. The predicted molar refractivity (Wildman–Crippen MR) is 86.6 cm³/mol. The number of aromatic nitrogens is 2. The second-order valence-electron chi connectivity index (χ2n) is 5.56. The number of aryl methyl sites for hydroxylation is 1. The third-order valence-corrected chi connectivity index (χ3v) is 5.92. The molecule has 0 amide bonds. The smallest absolute Gasteiger partial charge is 0.240 e. The molecule has 1 aliphatic heterocycles. The minimum Gasteiger partial charge on any atom is -0.354 e. The fraction of sp³-hybridized carbons (Fsp3) is 0.429. The molecule has 0 aliphatic carbocycles. The first-order valence-corrected chi connectivity index (χ1v) is 9.48. The van der Waals surface area contributed by atoms with E-state index in [0.29, 0.717) is 18.4 Å². The summed E-state index contributed by atoms with van der Waals surface area (Å²) in [6.07, 6.45) is 3.10. The van der Waals surface area contributed by atoms with Gasteiger partial charge >= 0.3 is 0 Å². The second-order valence-corrected chi connectivity index (χ2v) is 7.83. The molecule has 124 valence electrons. The third kappa shape index (κ3) is 3.67. The van der Waals surface area contributed by atoms with Gasteiger partial charge in [-0.1, -0.05) is 0 Å². The van der Waals surface area contributed by atoms with Gasteiger partial charge in [0.05, 0.1) is 22.8 Å². The Morgan fingerprint density at radius 2 is 2.09 bits per heavy atom. The summed E-state index contributed by atoms with van der Waals surface area (Å²) in [6.45, 7) is 3.00. The van der Waals surface area contributed by atoms with E-state index in [1.807, 2.05) is 0 Å². The zero-order chi connectivity index (χ0) is 16.4. The fourth-order valence-corrected chi connectivity index (χ4v) is 4.42. The van der Waals surface area contributed by atoms with E-state index in [-0.39, 0.29) is 10.9 Å². The van der Waals surface area contributed by atoms with Gasteiger partial charge in [0, 0.05) is 19.1 Å². The largest absolute Gasteiger partial charge is 0.354 e. The van der Waals surface area contributed by atoms with Gasteiger partial charge in [-0.3, -0.25) is 0 Å². The normalized spacial score (nSPS) is 16.7. The van der Waals surface area contributed by atoms with E-state index in [0.717, 1.165) is 30.6 Å². The Morgan fingerprint density at radius 3 is 2.70 bits per heavy atom. The highest BCUT2D eigenvalue weighted by Crippen LogP contribution is 2.20. The average Bonchev–Trinajstić information content (AvgIpc) is 3.04. The molecule has 2 heterocycles. The van der Waals surface area contributed by atoms with Gasteiger partial charge in [0.15, 0.2) is 5.82 Å². The number of nitrogens with zero attached hydrogens (tertiary/aromatic N) is 3. The summed E-state index contributed by atoms with van der Waals surface area (Å²) in [5.74, 6) is 0.430. The Hall–Kier alpha value is -1.58. The fourth-order valence-electron chi connectivity index (χ4n) is 2.60. The summed E-state index contributed by atoms with van der Waals surface area (Å²) < 4.78 is 49.0. The summed E-state index contributed by atoms with van der Waals surface area (Å²) in [4.78, 5) is 2.19. The molecular formula is C14H17FN4O2S2. The lowest BCUT2D eigenvalue weighted by Gasteiger charge is -2.32. The first-order valence-electron chi connectivity index (χ1n) is 7.27. The maximum Gasteiger partial charge on any atom is 0.240 e. The van der Waals surface area contributed by atoms with Crippen molar-refractivity contribution in [3.63, 3.8) is 0 Å². The summed E-state index contributed by atoms with van der Waals surface area (Å²) in [5, 5.41) is 0. The molecule has 0 spiro atoms. The van der Waals surface area contributed by atoms with Crippen molar-refractivity contribution >= 4 is 27.6 Å². The van der Waals surface area contributed by atoms with Gasteiger partial charge in [0.25, 0.3) is 0 Å². The summed E-state index contributed by atoms with van der Waals surface area (Å²) in [5.41, 5.74) is 0.318. The van der Waals surface area contributed by atoms with Crippen LogP contribution in [-0.2, 0) is 10.0 Å². The molecule has 1 aromatic heterocycles. The molecule has 0 saturated carbocycles.